The second-order valence-corrected chi connectivity index (χ2v) is 10.3. The maximum absolute atomic E-state index is 2.78. The normalized spacial score (nSPS) is 34.9. The van der Waals surface area contributed by atoms with Crippen LogP contribution < -0.4 is 0 Å². The van der Waals surface area contributed by atoms with Crippen molar-refractivity contribution in [3.63, 3.8) is 0 Å². The molecule has 2 nitrogen and oxygen atoms in total. The second-order valence-electron chi connectivity index (χ2n) is 10.3. The minimum Gasteiger partial charge on any atom is -0.344 e. The smallest absolute Gasteiger partial charge is 0.0485 e. The fourth-order valence-electron chi connectivity index (χ4n) is 9.09. The Bertz CT molecular complexity index is 1280. The lowest BCUT2D eigenvalue weighted by molar-refractivity contribution is 0.337. The summed E-state index contributed by atoms with van der Waals surface area (Å²) in [6, 6.07) is 18.7. The molecular weight excluding hydrogens is 352 g/mol. The molecule has 2 heteroatoms. The predicted octanol–water partition coefficient (Wildman–Crippen LogP) is 6.10. The first-order valence-corrected chi connectivity index (χ1v) is 11.7. The molecule has 4 aromatic rings. The third-order valence-corrected chi connectivity index (χ3v) is 9.58. The molecule has 6 unspecified atom stereocenters. The lowest BCUT2D eigenvalue weighted by atomic mass is 9.75. The average molecular weight is 377 g/mol. The number of fused-ring (bicyclic) bond motifs is 9. The molecule has 29 heavy (non-hydrogen) atoms. The summed E-state index contributed by atoms with van der Waals surface area (Å²) < 4.78 is 5.56. The lowest BCUT2D eigenvalue weighted by Gasteiger charge is -2.30. The van der Waals surface area contributed by atoms with Crippen molar-refractivity contribution in [2.24, 2.45) is 11.8 Å². The summed E-state index contributed by atoms with van der Waals surface area (Å²) in [5.74, 6) is 4.87. The molecule has 6 atom stereocenters. The molecule has 2 saturated carbocycles. The van der Waals surface area contributed by atoms with Crippen LogP contribution in [0.25, 0.3) is 21.8 Å². The summed E-state index contributed by atoms with van der Waals surface area (Å²) in [4.78, 5) is 0. The number of rotatable bonds is 0. The summed E-state index contributed by atoms with van der Waals surface area (Å²) >= 11 is 0. The van der Waals surface area contributed by atoms with Crippen molar-refractivity contribution < 1.29 is 0 Å². The number of para-hydroxylation sites is 2. The molecule has 142 valence electrons. The largest absolute Gasteiger partial charge is 0.344 e. The minimum atomic E-state index is 0.766. The van der Waals surface area contributed by atoms with Crippen molar-refractivity contribution in [3.05, 3.63) is 71.0 Å². The van der Waals surface area contributed by atoms with Crippen molar-refractivity contribution in [2.75, 3.05) is 0 Å². The van der Waals surface area contributed by atoms with E-state index in [9.17, 15) is 0 Å². The quantitative estimate of drug-likeness (QED) is 0.351. The van der Waals surface area contributed by atoms with E-state index in [1.54, 1.807) is 33.3 Å². The van der Waals surface area contributed by atoms with Gasteiger partial charge in [0.1, 0.15) is 0 Å². The van der Waals surface area contributed by atoms with Crippen molar-refractivity contribution in [3.8, 4) is 0 Å². The molecule has 0 N–H and O–H groups in total. The zero-order valence-corrected chi connectivity index (χ0v) is 16.5. The molecule has 0 saturated heterocycles. The van der Waals surface area contributed by atoms with Gasteiger partial charge in [0.05, 0.1) is 0 Å². The molecule has 9 rings (SSSR count). The molecule has 2 aromatic carbocycles. The first kappa shape index (κ1) is 14.5. The summed E-state index contributed by atoms with van der Waals surface area (Å²) in [7, 11) is 0. The fraction of sp³-hybridized carbons (Fsp3) is 0.407. The van der Waals surface area contributed by atoms with Crippen LogP contribution in [0.2, 0.25) is 0 Å². The van der Waals surface area contributed by atoms with E-state index in [1.807, 2.05) is 0 Å². The summed E-state index contributed by atoms with van der Waals surface area (Å²) in [6.07, 6.45) is 4.04. The van der Waals surface area contributed by atoms with Crippen molar-refractivity contribution >= 4 is 21.8 Å². The molecule has 5 aliphatic rings. The zero-order valence-electron chi connectivity index (χ0n) is 16.5. The Kier molecular flexibility index (Phi) is 2.24. The predicted molar refractivity (Wildman–Crippen MR) is 116 cm³/mol. The van der Waals surface area contributed by atoms with Crippen LogP contribution in [0.1, 0.15) is 65.4 Å². The number of aryl methyl sites for hydroxylation is 2. The lowest BCUT2D eigenvalue weighted by Crippen LogP contribution is -2.21. The van der Waals surface area contributed by atoms with E-state index in [1.165, 1.54) is 43.4 Å². The van der Waals surface area contributed by atoms with Gasteiger partial charge in [-0.3, -0.25) is 0 Å². The maximum atomic E-state index is 2.78. The number of hydrogen-bond donors (Lipinski definition) is 0. The molecule has 0 spiro atoms. The highest BCUT2D eigenvalue weighted by molar-refractivity contribution is 5.92. The first-order chi connectivity index (χ1) is 14.4. The number of benzene rings is 2. The van der Waals surface area contributed by atoms with Crippen LogP contribution in [0.4, 0.5) is 0 Å². The van der Waals surface area contributed by atoms with Crippen LogP contribution in [-0.4, -0.2) is 9.13 Å². The van der Waals surface area contributed by atoms with Gasteiger partial charge in [-0.25, -0.2) is 0 Å². The van der Waals surface area contributed by atoms with Crippen LogP contribution in [-0.2, 0) is 13.1 Å². The maximum Gasteiger partial charge on any atom is 0.0485 e. The molecule has 3 heterocycles. The Morgan fingerprint density at radius 1 is 0.586 bits per heavy atom. The number of hydrogen-bond acceptors (Lipinski definition) is 0. The molecule has 4 aliphatic carbocycles. The Balaban J connectivity index is 1.47. The van der Waals surface area contributed by atoms with Gasteiger partial charge in [0.15, 0.2) is 0 Å². The second kappa shape index (κ2) is 4.48. The van der Waals surface area contributed by atoms with E-state index in [0.717, 1.165) is 35.5 Å². The standard InChI is InChI=1S/C27H24N2/c1-3-9-18-14(7-1)22-20-16-13-17-21(20)23-15-8-2-4-10-19(15)29-12-6-5-11-28(18)26(22)24(16)25(17)27(23)29/h1-4,7-10,16-17,20-21,24-25H,5-6,11-13H2. The van der Waals surface area contributed by atoms with Crippen molar-refractivity contribution in [2.45, 2.75) is 56.0 Å². The van der Waals surface area contributed by atoms with Gasteiger partial charge in [0, 0.05) is 58.1 Å². The van der Waals surface area contributed by atoms with E-state index >= 15 is 0 Å². The van der Waals surface area contributed by atoms with E-state index in [-0.39, 0.29) is 0 Å². The van der Waals surface area contributed by atoms with Crippen LogP contribution in [0.15, 0.2) is 48.5 Å². The van der Waals surface area contributed by atoms with E-state index < -0.39 is 0 Å². The van der Waals surface area contributed by atoms with E-state index in [2.05, 4.69) is 57.7 Å². The SMILES string of the molecule is c1ccc2c(c1)c1c3n2CCCCn2c4c(c5ccccc52)C2C5CC(C12)C3C45. The highest BCUT2D eigenvalue weighted by Gasteiger charge is 2.69. The van der Waals surface area contributed by atoms with E-state index in [4.69, 9.17) is 0 Å². The Hall–Kier alpha value is -2.48. The Labute approximate surface area is 170 Å². The summed E-state index contributed by atoms with van der Waals surface area (Å²) in [6.45, 7) is 2.41. The van der Waals surface area contributed by atoms with Gasteiger partial charge in [-0.15, -0.1) is 0 Å². The molecular formula is C27H24N2. The minimum absolute atomic E-state index is 0.766. The van der Waals surface area contributed by atoms with Crippen molar-refractivity contribution in [1.82, 2.24) is 9.13 Å². The van der Waals surface area contributed by atoms with Gasteiger partial charge in [-0.05, 0) is 66.2 Å². The van der Waals surface area contributed by atoms with Crippen LogP contribution >= 0.6 is 0 Å². The Morgan fingerprint density at radius 2 is 1.07 bits per heavy atom. The number of nitrogens with zero attached hydrogens (tertiary/aromatic N) is 2. The molecule has 1 aliphatic heterocycles. The molecule has 0 radical (unpaired) electrons. The average Bonchev–Trinajstić information content (AvgIpc) is 3.51. The molecule has 2 aromatic heterocycles. The fourth-order valence-corrected chi connectivity index (χ4v) is 9.09. The number of aromatic nitrogens is 2. The van der Waals surface area contributed by atoms with Gasteiger partial charge in [-0.1, -0.05) is 36.4 Å². The van der Waals surface area contributed by atoms with Gasteiger partial charge in [-0.2, -0.15) is 0 Å². The van der Waals surface area contributed by atoms with Gasteiger partial charge < -0.3 is 9.13 Å². The highest BCUT2D eigenvalue weighted by atomic mass is 15.1. The monoisotopic (exact) mass is 376 g/mol. The molecule has 2 bridgehead atoms. The van der Waals surface area contributed by atoms with Crippen LogP contribution in [0, 0.1) is 11.8 Å². The third-order valence-electron chi connectivity index (χ3n) is 9.58. The molecule has 2 fully saturated rings. The Morgan fingerprint density at radius 3 is 1.59 bits per heavy atom. The summed E-state index contributed by atoms with van der Waals surface area (Å²) in [5, 5.41) is 3.16. The summed E-state index contributed by atoms with van der Waals surface area (Å²) in [5.41, 5.74) is 10.1. The van der Waals surface area contributed by atoms with Crippen LogP contribution in [0.3, 0.4) is 0 Å². The van der Waals surface area contributed by atoms with Gasteiger partial charge in [0.2, 0.25) is 0 Å². The van der Waals surface area contributed by atoms with E-state index in [0.29, 0.717) is 0 Å². The molecule has 0 amide bonds. The topological polar surface area (TPSA) is 9.86 Å². The van der Waals surface area contributed by atoms with Gasteiger partial charge in [0.25, 0.3) is 0 Å². The zero-order chi connectivity index (χ0) is 18.4. The highest BCUT2D eigenvalue weighted by Crippen LogP contribution is 2.80. The van der Waals surface area contributed by atoms with Crippen LogP contribution in [0.5, 0.6) is 0 Å². The first-order valence-electron chi connectivity index (χ1n) is 11.7. The van der Waals surface area contributed by atoms with Gasteiger partial charge >= 0.3 is 0 Å². The third kappa shape index (κ3) is 1.34. The van der Waals surface area contributed by atoms with Crippen molar-refractivity contribution in [1.29, 1.82) is 0 Å².